The zero-order valence-corrected chi connectivity index (χ0v) is 19.2. The Balaban J connectivity index is 0.00000233. The van der Waals surface area contributed by atoms with Crippen LogP contribution in [-0.2, 0) is 6.42 Å². The van der Waals surface area contributed by atoms with E-state index in [1.165, 1.54) is 6.20 Å². The van der Waals surface area contributed by atoms with Gasteiger partial charge in [-0.25, -0.2) is 9.97 Å². The molecule has 0 atom stereocenters. The number of pyridine rings is 2. The van der Waals surface area contributed by atoms with Gasteiger partial charge in [-0.3, -0.25) is 0 Å². The highest BCUT2D eigenvalue weighted by Gasteiger charge is 2.15. The Bertz CT molecular complexity index is 885. The molecule has 0 aromatic carbocycles. The molecule has 31 heavy (non-hydrogen) atoms. The average molecular weight is 431 g/mol. The number of rotatable bonds is 9. The Morgan fingerprint density at radius 1 is 1.06 bits per heavy atom. The second kappa shape index (κ2) is 13.3. The Morgan fingerprint density at radius 2 is 1.74 bits per heavy atom. The number of hydrogen-bond donors (Lipinski definition) is 0. The second-order valence-corrected chi connectivity index (χ2v) is 7.00. The first-order valence-electron chi connectivity index (χ1n) is 10.3. The highest BCUT2D eigenvalue weighted by Crippen LogP contribution is 2.29. The fourth-order valence-corrected chi connectivity index (χ4v) is 2.69. The summed E-state index contributed by atoms with van der Waals surface area (Å²) in [5, 5.41) is 0. The SMILES string of the molecule is C=C/C=C(\C=C(C)C)c1cc(Cc2ccc(OC(C)C)nc2)cnc1OC(F)F.CC. The lowest BCUT2D eigenvalue weighted by molar-refractivity contribution is -0.0530. The molecule has 4 nitrogen and oxygen atoms in total. The fourth-order valence-electron chi connectivity index (χ4n) is 2.69. The zero-order chi connectivity index (χ0) is 23.4. The summed E-state index contributed by atoms with van der Waals surface area (Å²) < 4.78 is 35.9. The molecule has 168 valence electrons. The summed E-state index contributed by atoms with van der Waals surface area (Å²) in [5.74, 6) is 0.441. The molecule has 0 radical (unpaired) electrons. The van der Waals surface area contributed by atoms with Crippen molar-refractivity contribution in [3.05, 3.63) is 77.7 Å². The lowest BCUT2D eigenvalue weighted by Crippen LogP contribution is -2.07. The van der Waals surface area contributed by atoms with Crippen LogP contribution in [0.5, 0.6) is 11.8 Å². The van der Waals surface area contributed by atoms with Crippen LogP contribution in [0.4, 0.5) is 8.78 Å². The molecule has 0 amide bonds. The van der Waals surface area contributed by atoms with Crippen molar-refractivity contribution >= 4 is 5.57 Å². The number of alkyl halides is 2. The molecule has 0 aliphatic rings. The minimum Gasteiger partial charge on any atom is -0.475 e. The maximum absolute atomic E-state index is 12.9. The van der Waals surface area contributed by atoms with Crippen LogP contribution < -0.4 is 9.47 Å². The van der Waals surface area contributed by atoms with E-state index in [0.29, 0.717) is 23.4 Å². The Hall–Kier alpha value is -3.02. The Labute approximate surface area is 184 Å². The minimum atomic E-state index is -2.96. The van der Waals surface area contributed by atoms with Crippen LogP contribution in [0.3, 0.4) is 0 Å². The summed E-state index contributed by atoms with van der Waals surface area (Å²) in [5.41, 5.74) is 3.99. The summed E-state index contributed by atoms with van der Waals surface area (Å²) in [6.07, 6.45) is 9.08. The van der Waals surface area contributed by atoms with Crippen molar-refractivity contribution in [2.45, 2.75) is 60.7 Å². The molecule has 0 saturated carbocycles. The van der Waals surface area contributed by atoms with Crippen molar-refractivity contribution in [2.24, 2.45) is 0 Å². The number of nitrogens with zero attached hydrogens (tertiary/aromatic N) is 2. The number of ether oxygens (including phenoxy) is 2. The molecule has 0 unspecified atom stereocenters. The van der Waals surface area contributed by atoms with Crippen LogP contribution in [0.15, 0.2) is 61.0 Å². The molecule has 0 aliphatic heterocycles. The van der Waals surface area contributed by atoms with Gasteiger partial charge in [0, 0.05) is 30.4 Å². The van der Waals surface area contributed by atoms with Crippen molar-refractivity contribution in [3.63, 3.8) is 0 Å². The maximum Gasteiger partial charge on any atom is 0.388 e. The van der Waals surface area contributed by atoms with E-state index in [-0.39, 0.29) is 12.0 Å². The van der Waals surface area contributed by atoms with E-state index in [1.54, 1.807) is 24.4 Å². The van der Waals surface area contributed by atoms with Gasteiger partial charge in [0.2, 0.25) is 11.8 Å². The maximum atomic E-state index is 12.9. The highest BCUT2D eigenvalue weighted by molar-refractivity contribution is 5.78. The lowest BCUT2D eigenvalue weighted by Gasteiger charge is -2.13. The van der Waals surface area contributed by atoms with E-state index in [2.05, 4.69) is 21.3 Å². The Kier molecular flexibility index (Phi) is 11.2. The summed E-state index contributed by atoms with van der Waals surface area (Å²) in [7, 11) is 0. The molecule has 0 saturated heterocycles. The predicted molar refractivity (Wildman–Crippen MR) is 123 cm³/mol. The number of hydrogen-bond acceptors (Lipinski definition) is 4. The molecule has 6 heteroatoms. The van der Waals surface area contributed by atoms with E-state index in [0.717, 1.165) is 16.7 Å². The van der Waals surface area contributed by atoms with Gasteiger partial charge in [0.15, 0.2) is 0 Å². The third-order valence-corrected chi connectivity index (χ3v) is 3.72. The van der Waals surface area contributed by atoms with E-state index in [1.807, 2.05) is 59.8 Å². The highest BCUT2D eigenvalue weighted by atomic mass is 19.3. The van der Waals surface area contributed by atoms with Gasteiger partial charge in [0.25, 0.3) is 0 Å². The predicted octanol–water partition coefficient (Wildman–Crippen LogP) is 7.02. The van der Waals surface area contributed by atoms with Crippen molar-refractivity contribution < 1.29 is 18.3 Å². The van der Waals surface area contributed by atoms with E-state index < -0.39 is 6.61 Å². The normalized spacial score (nSPS) is 11.0. The van der Waals surface area contributed by atoms with Crippen LogP contribution in [0.25, 0.3) is 5.57 Å². The average Bonchev–Trinajstić information content (AvgIpc) is 2.71. The largest absolute Gasteiger partial charge is 0.475 e. The standard InChI is InChI=1S/C23H26F2N2O2.C2H6/c1-6-7-19(10-15(2)3)20-12-18(14-27-22(20)29-23(24)25)11-17-8-9-21(26-13-17)28-16(4)5;1-2/h6-10,12-14,16,23H,1,11H2,2-5H3;1-2H3/b19-7+;. The third kappa shape index (κ3) is 9.11. The molecule has 0 aliphatic carbocycles. The van der Waals surface area contributed by atoms with Crippen molar-refractivity contribution in [3.8, 4) is 11.8 Å². The monoisotopic (exact) mass is 430 g/mol. The molecule has 2 rings (SSSR count). The molecule has 0 spiro atoms. The van der Waals surface area contributed by atoms with Crippen molar-refractivity contribution in [2.75, 3.05) is 0 Å². The topological polar surface area (TPSA) is 44.2 Å². The number of allylic oxidation sites excluding steroid dienone is 5. The second-order valence-electron chi connectivity index (χ2n) is 7.00. The molecule has 0 N–H and O–H groups in total. The quantitative estimate of drug-likeness (QED) is 0.401. The number of halogens is 2. The smallest absolute Gasteiger partial charge is 0.388 e. The van der Waals surface area contributed by atoms with Gasteiger partial charge >= 0.3 is 6.61 Å². The van der Waals surface area contributed by atoms with Gasteiger partial charge in [-0.1, -0.05) is 50.3 Å². The zero-order valence-electron chi connectivity index (χ0n) is 19.2. The van der Waals surface area contributed by atoms with E-state index in [4.69, 9.17) is 4.74 Å². The van der Waals surface area contributed by atoms with Crippen LogP contribution in [-0.4, -0.2) is 22.7 Å². The molecule has 2 aromatic heterocycles. The summed E-state index contributed by atoms with van der Waals surface area (Å²) in [6.45, 7) is 12.5. The molecular weight excluding hydrogens is 398 g/mol. The van der Waals surface area contributed by atoms with Crippen molar-refractivity contribution in [1.82, 2.24) is 9.97 Å². The van der Waals surface area contributed by atoms with Gasteiger partial charge in [-0.15, -0.1) is 0 Å². The fraction of sp³-hybridized carbons (Fsp3) is 0.360. The molecule has 2 heterocycles. The van der Waals surface area contributed by atoms with Gasteiger partial charge in [0.05, 0.1) is 6.10 Å². The van der Waals surface area contributed by atoms with Gasteiger partial charge in [-0.05, 0) is 50.5 Å². The molecule has 0 fully saturated rings. The van der Waals surface area contributed by atoms with E-state index in [9.17, 15) is 8.78 Å². The summed E-state index contributed by atoms with van der Waals surface area (Å²) in [4.78, 5) is 8.43. The Morgan fingerprint density at radius 3 is 2.26 bits per heavy atom. The van der Waals surface area contributed by atoms with Crippen molar-refractivity contribution in [1.29, 1.82) is 0 Å². The summed E-state index contributed by atoms with van der Waals surface area (Å²) in [6, 6.07) is 5.53. The third-order valence-electron chi connectivity index (χ3n) is 3.72. The molecule has 2 aromatic rings. The van der Waals surface area contributed by atoms with Gasteiger partial charge in [-0.2, -0.15) is 8.78 Å². The van der Waals surface area contributed by atoms with E-state index >= 15 is 0 Å². The van der Waals surface area contributed by atoms with Crippen LogP contribution in [0.2, 0.25) is 0 Å². The minimum absolute atomic E-state index is 0.0487. The van der Waals surface area contributed by atoms with Gasteiger partial charge < -0.3 is 9.47 Å². The molecular formula is C25H32F2N2O2. The first-order valence-corrected chi connectivity index (χ1v) is 10.3. The first kappa shape index (κ1) is 26.0. The van der Waals surface area contributed by atoms with Crippen LogP contribution >= 0.6 is 0 Å². The summed E-state index contributed by atoms with van der Waals surface area (Å²) >= 11 is 0. The lowest BCUT2D eigenvalue weighted by atomic mass is 10.00. The molecule has 0 bridgehead atoms. The van der Waals surface area contributed by atoms with Crippen LogP contribution in [0.1, 0.15) is 58.2 Å². The van der Waals surface area contributed by atoms with Crippen LogP contribution in [0, 0.1) is 0 Å². The van der Waals surface area contributed by atoms with Gasteiger partial charge in [0.1, 0.15) is 0 Å². The number of aromatic nitrogens is 2. The first-order chi connectivity index (χ1) is 14.8.